The van der Waals surface area contributed by atoms with Gasteiger partial charge in [0.15, 0.2) is 11.5 Å². The molecule has 7 heteroatoms. The molecule has 5 nitrogen and oxygen atoms in total. The number of halogens is 1. The van der Waals surface area contributed by atoms with Crippen LogP contribution in [-0.2, 0) is 6.42 Å². The molecule has 1 fully saturated rings. The molecule has 1 aliphatic heterocycles. The van der Waals surface area contributed by atoms with Gasteiger partial charge in [-0.25, -0.2) is 14.4 Å². The van der Waals surface area contributed by atoms with E-state index in [0.29, 0.717) is 30.5 Å². The van der Waals surface area contributed by atoms with E-state index in [1.807, 2.05) is 36.1 Å². The second-order valence-corrected chi connectivity index (χ2v) is 9.92. The highest BCUT2D eigenvalue weighted by Gasteiger charge is 2.34. The minimum Gasteiger partial charge on any atom is -0.441 e. The van der Waals surface area contributed by atoms with Gasteiger partial charge in [-0.2, -0.15) is 0 Å². The molecule has 1 saturated heterocycles. The molecule has 0 radical (unpaired) electrons. The number of para-hydroxylation sites is 2. The van der Waals surface area contributed by atoms with E-state index < -0.39 is 0 Å². The summed E-state index contributed by atoms with van der Waals surface area (Å²) >= 11 is 1.47. The van der Waals surface area contributed by atoms with Crippen LogP contribution < -0.4 is 0 Å². The minimum atomic E-state index is -0.294. The Hall–Kier alpha value is -3.06. The van der Waals surface area contributed by atoms with Gasteiger partial charge in [-0.3, -0.25) is 4.79 Å². The van der Waals surface area contributed by atoms with Crippen molar-refractivity contribution in [1.82, 2.24) is 14.9 Å². The molecule has 0 aliphatic carbocycles. The predicted molar refractivity (Wildman–Crippen MR) is 128 cm³/mol. The SMILES string of the molecule is Cc1nc(C(=O)N2CCC[C@H](C)[C@H]2CCc2nc3ccccc3o2)c(-c2ccc(F)cc2)s1. The first-order valence-electron chi connectivity index (χ1n) is 11.4. The van der Waals surface area contributed by atoms with Crippen LogP contribution in [0.15, 0.2) is 52.9 Å². The first-order valence-corrected chi connectivity index (χ1v) is 12.2. The molecule has 0 N–H and O–H groups in total. The Labute approximate surface area is 196 Å². The van der Waals surface area contributed by atoms with Crippen LogP contribution in [0.2, 0.25) is 0 Å². The van der Waals surface area contributed by atoms with Gasteiger partial charge in [0.2, 0.25) is 0 Å². The van der Waals surface area contributed by atoms with Crippen LogP contribution in [0.25, 0.3) is 21.5 Å². The second-order valence-electron chi connectivity index (χ2n) is 8.72. The van der Waals surface area contributed by atoms with Gasteiger partial charge in [-0.05, 0) is 61.9 Å². The van der Waals surface area contributed by atoms with Crippen molar-refractivity contribution >= 4 is 28.3 Å². The van der Waals surface area contributed by atoms with Crippen LogP contribution in [-0.4, -0.2) is 33.4 Å². The molecular weight excluding hydrogens is 437 g/mol. The van der Waals surface area contributed by atoms with E-state index in [-0.39, 0.29) is 17.8 Å². The molecule has 170 valence electrons. The second kappa shape index (κ2) is 9.06. The number of nitrogens with zero attached hydrogens (tertiary/aromatic N) is 3. The summed E-state index contributed by atoms with van der Waals surface area (Å²) in [6.07, 6.45) is 3.52. The summed E-state index contributed by atoms with van der Waals surface area (Å²) in [5.74, 6) is 0.740. The van der Waals surface area contributed by atoms with Gasteiger partial charge >= 0.3 is 0 Å². The number of piperidine rings is 1. The van der Waals surface area contributed by atoms with Crippen LogP contribution >= 0.6 is 11.3 Å². The highest BCUT2D eigenvalue weighted by Crippen LogP contribution is 2.34. The van der Waals surface area contributed by atoms with Crippen molar-refractivity contribution in [3.8, 4) is 10.4 Å². The Balaban J connectivity index is 1.39. The van der Waals surface area contributed by atoms with Gasteiger partial charge in [0.1, 0.15) is 17.0 Å². The first-order chi connectivity index (χ1) is 16.0. The fraction of sp³-hybridized carbons (Fsp3) is 0.346. The highest BCUT2D eigenvalue weighted by molar-refractivity contribution is 7.15. The Morgan fingerprint density at radius 2 is 1.97 bits per heavy atom. The monoisotopic (exact) mass is 463 g/mol. The number of oxazole rings is 1. The number of rotatable bonds is 5. The third-order valence-corrected chi connectivity index (χ3v) is 7.43. The van der Waals surface area contributed by atoms with Gasteiger partial charge in [0.05, 0.1) is 9.88 Å². The van der Waals surface area contributed by atoms with Crippen molar-refractivity contribution in [1.29, 1.82) is 0 Å². The predicted octanol–water partition coefficient (Wildman–Crippen LogP) is 6.27. The number of aryl methyl sites for hydroxylation is 2. The van der Waals surface area contributed by atoms with E-state index in [0.717, 1.165) is 45.8 Å². The van der Waals surface area contributed by atoms with Gasteiger partial charge in [-0.1, -0.05) is 31.2 Å². The molecule has 0 saturated carbocycles. The Morgan fingerprint density at radius 3 is 2.76 bits per heavy atom. The molecule has 33 heavy (non-hydrogen) atoms. The average Bonchev–Trinajstić information content (AvgIpc) is 3.41. The number of carbonyl (C=O) groups excluding carboxylic acids is 1. The standard InChI is InChI=1S/C26H26FN3O2S/c1-16-6-5-15-30(21(16)13-14-23-29-20-7-3-4-8-22(20)32-23)26(31)24-25(33-17(2)28-24)18-9-11-19(27)12-10-18/h3-4,7-12,16,21H,5-6,13-15H2,1-2H3/t16-,21+/m0/s1. The zero-order valence-corrected chi connectivity index (χ0v) is 19.6. The number of hydrogen-bond donors (Lipinski definition) is 0. The molecular formula is C26H26FN3O2S. The summed E-state index contributed by atoms with van der Waals surface area (Å²) < 4.78 is 19.4. The normalized spacial score (nSPS) is 18.7. The number of amides is 1. The lowest BCUT2D eigenvalue weighted by molar-refractivity contribution is 0.0491. The van der Waals surface area contributed by atoms with Crippen molar-refractivity contribution in [3.05, 3.63) is 70.9 Å². The Kier molecular flexibility index (Phi) is 5.98. The summed E-state index contributed by atoms with van der Waals surface area (Å²) in [4.78, 5) is 25.7. The van der Waals surface area contributed by atoms with Crippen LogP contribution in [0.5, 0.6) is 0 Å². The summed E-state index contributed by atoms with van der Waals surface area (Å²) in [6.45, 7) is 4.82. The molecule has 2 aromatic carbocycles. The average molecular weight is 464 g/mol. The maximum atomic E-state index is 13.7. The molecule has 0 bridgehead atoms. The van der Waals surface area contributed by atoms with Crippen molar-refractivity contribution in [2.75, 3.05) is 6.54 Å². The van der Waals surface area contributed by atoms with E-state index in [4.69, 9.17) is 4.42 Å². The minimum absolute atomic E-state index is 0.0483. The lowest BCUT2D eigenvalue weighted by atomic mass is 9.87. The third-order valence-electron chi connectivity index (χ3n) is 6.41. The van der Waals surface area contributed by atoms with Crippen molar-refractivity contribution in [2.45, 2.75) is 45.6 Å². The molecule has 1 amide bonds. The van der Waals surface area contributed by atoms with Gasteiger partial charge in [-0.15, -0.1) is 11.3 Å². The van der Waals surface area contributed by atoms with E-state index in [9.17, 15) is 9.18 Å². The van der Waals surface area contributed by atoms with E-state index in [1.165, 1.54) is 23.5 Å². The third kappa shape index (κ3) is 4.42. The molecule has 4 aromatic rings. The van der Waals surface area contributed by atoms with E-state index in [2.05, 4.69) is 16.9 Å². The van der Waals surface area contributed by atoms with E-state index in [1.54, 1.807) is 12.1 Å². The molecule has 0 unspecified atom stereocenters. The van der Waals surface area contributed by atoms with Gasteiger partial charge < -0.3 is 9.32 Å². The topological polar surface area (TPSA) is 59.2 Å². The van der Waals surface area contributed by atoms with E-state index >= 15 is 0 Å². The Morgan fingerprint density at radius 1 is 1.18 bits per heavy atom. The summed E-state index contributed by atoms with van der Waals surface area (Å²) in [6, 6.07) is 14.1. The zero-order chi connectivity index (χ0) is 22.9. The number of carbonyl (C=O) groups is 1. The maximum absolute atomic E-state index is 13.7. The number of thiazole rings is 1. The largest absolute Gasteiger partial charge is 0.441 e. The molecule has 2 atom stereocenters. The summed E-state index contributed by atoms with van der Waals surface area (Å²) in [5, 5.41) is 0.825. The van der Waals surface area contributed by atoms with Gasteiger partial charge in [0, 0.05) is 19.0 Å². The number of hydrogen-bond acceptors (Lipinski definition) is 5. The molecule has 5 rings (SSSR count). The van der Waals surface area contributed by atoms with Crippen molar-refractivity contribution in [3.63, 3.8) is 0 Å². The summed E-state index contributed by atoms with van der Waals surface area (Å²) in [7, 11) is 0. The fourth-order valence-corrected chi connectivity index (χ4v) is 5.66. The van der Waals surface area contributed by atoms with Crippen LogP contribution in [0, 0.1) is 18.7 Å². The van der Waals surface area contributed by atoms with Crippen LogP contribution in [0.4, 0.5) is 4.39 Å². The number of benzene rings is 2. The molecule has 2 aromatic heterocycles. The lowest BCUT2D eigenvalue weighted by Gasteiger charge is -2.40. The maximum Gasteiger partial charge on any atom is 0.274 e. The number of fused-ring (bicyclic) bond motifs is 1. The first kappa shape index (κ1) is 21.8. The molecule has 0 spiro atoms. The smallest absolute Gasteiger partial charge is 0.274 e. The fourth-order valence-electron chi connectivity index (χ4n) is 4.74. The quantitative estimate of drug-likeness (QED) is 0.350. The number of aromatic nitrogens is 2. The molecule has 3 heterocycles. The summed E-state index contributed by atoms with van der Waals surface area (Å²) in [5.41, 5.74) is 2.93. The van der Waals surface area contributed by atoms with Crippen molar-refractivity contribution in [2.24, 2.45) is 5.92 Å². The van der Waals surface area contributed by atoms with Crippen LogP contribution in [0.1, 0.15) is 47.6 Å². The zero-order valence-electron chi connectivity index (χ0n) is 18.8. The van der Waals surface area contributed by atoms with Gasteiger partial charge in [0.25, 0.3) is 5.91 Å². The Bertz CT molecular complexity index is 1250. The lowest BCUT2D eigenvalue weighted by Crippen LogP contribution is -2.48. The van der Waals surface area contributed by atoms with Crippen LogP contribution in [0.3, 0.4) is 0 Å². The number of likely N-dealkylation sites (tertiary alicyclic amines) is 1. The van der Waals surface area contributed by atoms with Crippen molar-refractivity contribution < 1.29 is 13.6 Å². The highest BCUT2D eigenvalue weighted by atomic mass is 32.1. The molecule has 1 aliphatic rings.